The smallest absolute Gasteiger partial charge is 0.144 e. The average Bonchev–Trinajstić information content (AvgIpc) is 2.43. The van der Waals surface area contributed by atoms with Crippen molar-refractivity contribution in [3.05, 3.63) is 24.3 Å². The highest BCUT2D eigenvalue weighted by Gasteiger charge is 2.22. The Hall–Kier alpha value is -1.36. The van der Waals surface area contributed by atoms with E-state index in [0.717, 1.165) is 23.5 Å². The van der Waals surface area contributed by atoms with E-state index >= 15 is 0 Å². The van der Waals surface area contributed by atoms with Gasteiger partial charge in [-0.2, -0.15) is 0 Å². The van der Waals surface area contributed by atoms with Crippen LogP contribution in [0, 0.1) is 5.41 Å². The summed E-state index contributed by atoms with van der Waals surface area (Å²) in [6.45, 7) is 4.54. The zero-order valence-electron chi connectivity index (χ0n) is 11.7. The molecule has 4 nitrogen and oxygen atoms in total. The van der Waals surface area contributed by atoms with Crippen molar-refractivity contribution in [2.24, 2.45) is 16.3 Å². The normalized spacial score (nSPS) is 12.5. The van der Waals surface area contributed by atoms with Crippen LogP contribution in [-0.2, 0) is 0 Å². The molecule has 1 aromatic carbocycles. The van der Waals surface area contributed by atoms with Crippen LogP contribution in [0.2, 0.25) is 0 Å². The maximum Gasteiger partial charge on any atom is 0.144 e. The number of rotatable bonds is 7. The van der Waals surface area contributed by atoms with Crippen LogP contribution in [0.5, 0.6) is 5.75 Å². The maximum atomic E-state index is 8.70. The zero-order valence-corrected chi connectivity index (χ0v) is 12.5. The van der Waals surface area contributed by atoms with Crippen LogP contribution in [0.4, 0.5) is 0 Å². The van der Waals surface area contributed by atoms with Gasteiger partial charge in [0.1, 0.15) is 11.6 Å². The molecular weight excluding hydrogens is 260 g/mol. The third-order valence-corrected chi connectivity index (χ3v) is 3.85. The lowest BCUT2D eigenvalue weighted by Crippen LogP contribution is -2.32. The van der Waals surface area contributed by atoms with Crippen molar-refractivity contribution in [3.8, 4) is 5.75 Å². The van der Waals surface area contributed by atoms with Crippen molar-refractivity contribution in [2.75, 3.05) is 12.9 Å². The Morgan fingerprint density at radius 2 is 2.11 bits per heavy atom. The number of nitrogens with zero attached hydrogens (tertiary/aromatic N) is 1. The Balaban J connectivity index is 2.43. The van der Waals surface area contributed by atoms with E-state index in [1.807, 2.05) is 44.4 Å². The van der Waals surface area contributed by atoms with E-state index in [9.17, 15) is 0 Å². The van der Waals surface area contributed by atoms with Crippen molar-refractivity contribution in [2.45, 2.75) is 31.6 Å². The Kier molecular flexibility index (Phi) is 6.02. The molecule has 0 saturated carbocycles. The van der Waals surface area contributed by atoms with Gasteiger partial charge in [0.05, 0.1) is 6.61 Å². The number of benzene rings is 1. The van der Waals surface area contributed by atoms with Crippen LogP contribution in [0.1, 0.15) is 26.7 Å². The fourth-order valence-electron chi connectivity index (χ4n) is 1.70. The van der Waals surface area contributed by atoms with Crippen molar-refractivity contribution in [1.82, 2.24) is 0 Å². The molecule has 0 aliphatic rings. The van der Waals surface area contributed by atoms with Gasteiger partial charge in [0, 0.05) is 10.3 Å². The molecule has 0 saturated heterocycles. The van der Waals surface area contributed by atoms with E-state index in [0.29, 0.717) is 6.61 Å². The predicted molar refractivity (Wildman–Crippen MR) is 80.1 cm³/mol. The van der Waals surface area contributed by atoms with E-state index in [-0.39, 0.29) is 11.3 Å². The molecule has 0 radical (unpaired) electrons. The van der Waals surface area contributed by atoms with Gasteiger partial charge in [-0.1, -0.05) is 31.1 Å². The first-order chi connectivity index (χ1) is 9.01. The van der Waals surface area contributed by atoms with Gasteiger partial charge in [0.15, 0.2) is 0 Å². The molecule has 1 aromatic rings. The number of hydrogen-bond donors (Lipinski definition) is 2. The van der Waals surface area contributed by atoms with Crippen molar-refractivity contribution < 1.29 is 9.94 Å². The third kappa shape index (κ3) is 4.67. The zero-order chi connectivity index (χ0) is 14.3. The van der Waals surface area contributed by atoms with Crippen molar-refractivity contribution in [1.29, 1.82) is 0 Å². The number of para-hydroxylation sites is 1. The molecule has 0 bridgehead atoms. The molecule has 5 heteroatoms. The van der Waals surface area contributed by atoms with Crippen LogP contribution in [0.15, 0.2) is 34.3 Å². The molecule has 0 atom stereocenters. The molecular formula is C14H22N2O2S. The number of thioether (sulfide) groups is 1. The van der Waals surface area contributed by atoms with E-state index in [1.165, 1.54) is 0 Å². The number of amidine groups is 1. The van der Waals surface area contributed by atoms with Gasteiger partial charge in [-0.3, -0.25) is 0 Å². The summed E-state index contributed by atoms with van der Waals surface area (Å²) in [5, 5.41) is 11.8. The minimum absolute atomic E-state index is 0.261. The Bertz CT molecular complexity index is 433. The molecule has 19 heavy (non-hydrogen) atoms. The first kappa shape index (κ1) is 15.7. The van der Waals surface area contributed by atoms with Gasteiger partial charge in [-0.05, 0) is 31.2 Å². The third-order valence-electron chi connectivity index (χ3n) is 3.07. The molecule has 0 aromatic heterocycles. The summed E-state index contributed by atoms with van der Waals surface area (Å²) in [7, 11) is 0. The molecule has 0 unspecified atom stereocenters. The highest BCUT2D eigenvalue weighted by molar-refractivity contribution is 7.98. The molecule has 1 rings (SSSR count). The van der Waals surface area contributed by atoms with E-state index < -0.39 is 0 Å². The second kappa shape index (κ2) is 7.28. The Morgan fingerprint density at radius 1 is 1.42 bits per heavy atom. The van der Waals surface area contributed by atoms with E-state index in [4.69, 9.17) is 15.7 Å². The lowest BCUT2D eigenvalue weighted by Gasteiger charge is -2.22. The van der Waals surface area contributed by atoms with Crippen molar-refractivity contribution in [3.63, 3.8) is 0 Å². The second-order valence-corrected chi connectivity index (χ2v) is 5.82. The number of nitrogens with two attached hydrogens (primary N) is 1. The standard InChI is InChI=1S/C14H22N2O2S/c1-14(2,13(15)16-17)9-6-10-18-11-7-4-5-8-12(11)19-3/h4-5,7-8,17H,6,9-10H2,1-3H3,(H2,15,16). The summed E-state index contributed by atoms with van der Waals surface area (Å²) >= 11 is 1.67. The predicted octanol–water partition coefficient (Wildman–Crippen LogP) is 3.34. The monoisotopic (exact) mass is 282 g/mol. The average molecular weight is 282 g/mol. The molecule has 106 valence electrons. The SMILES string of the molecule is CSc1ccccc1OCCCC(C)(C)C(N)=NO. The van der Waals surface area contributed by atoms with Crippen LogP contribution >= 0.6 is 11.8 Å². The molecule has 0 spiro atoms. The lowest BCUT2D eigenvalue weighted by molar-refractivity contribution is 0.273. The van der Waals surface area contributed by atoms with Crippen LogP contribution in [0.3, 0.4) is 0 Å². The quantitative estimate of drug-likeness (QED) is 0.201. The first-order valence-electron chi connectivity index (χ1n) is 6.25. The Morgan fingerprint density at radius 3 is 2.74 bits per heavy atom. The van der Waals surface area contributed by atoms with Gasteiger partial charge in [-0.15, -0.1) is 11.8 Å². The van der Waals surface area contributed by atoms with E-state index in [2.05, 4.69) is 5.16 Å². The van der Waals surface area contributed by atoms with Gasteiger partial charge in [-0.25, -0.2) is 0 Å². The highest BCUT2D eigenvalue weighted by Crippen LogP contribution is 2.28. The highest BCUT2D eigenvalue weighted by atomic mass is 32.2. The first-order valence-corrected chi connectivity index (χ1v) is 7.47. The van der Waals surface area contributed by atoms with Gasteiger partial charge >= 0.3 is 0 Å². The summed E-state index contributed by atoms with van der Waals surface area (Å²) in [5.74, 6) is 1.17. The second-order valence-electron chi connectivity index (χ2n) is 4.97. The number of ether oxygens (including phenoxy) is 1. The van der Waals surface area contributed by atoms with Crippen LogP contribution < -0.4 is 10.5 Å². The van der Waals surface area contributed by atoms with Gasteiger partial charge in [0.25, 0.3) is 0 Å². The number of oxime groups is 1. The fourth-order valence-corrected chi connectivity index (χ4v) is 2.24. The molecule has 0 fully saturated rings. The van der Waals surface area contributed by atoms with E-state index in [1.54, 1.807) is 11.8 Å². The molecule has 0 amide bonds. The largest absolute Gasteiger partial charge is 0.492 e. The molecule has 0 aliphatic heterocycles. The summed E-state index contributed by atoms with van der Waals surface area (Å²) < 4.78 is 5.77. The van der Waals surface area contributed by atoms with Crippen LogP contribution in [-0.4, -0.2) is 23.9 Å². The van der Waals surface area contributed by atoms with Gasteiger partial charge < -0.3 is 15.7 Å². The molecule has 3 N–H and O–H groups in total. The topological polar surface area (TPSA) is 67.8 Å². The summed E-state index contributed by atoms with van der Waals surface area (Å²) in [6, 6.07) is 7.98. The fraction of sp³-hybridized carbons (Fsp3) is 0.500. The summed E-state index contributed by atoms with van der Waals surface area (Å²) in [6.07, 6.45) is 3.69. The molecule has 0 aliphatic carbocycles. The minimum atomic E-state index is -0.308. The molecule has 0 heterocycles. The summed E-state index contributed by atoms with van der Waals surface area (Å²) in [5.41, 5.74) is 5.34. The minimum Gasteiger partial charge on any atom is -0.492 e. The lowest BCUT2D eigenvalue weighted by atomic mass is 9.87. The Labute approximate surface area is 119 Å². The van der Waals surface area contributed by atoms with Gasteiger partial charge in [0.2, 0.25) is 0 Å². The summed E-state index contributed by atoms with van der Waals surface area (Å²) in [4.78, 5) is 1.14. The number of hydrogen-bond acceptors (Lipinski definition) is 4. The van der Waals surface area contributed by atoms with Crippen molar-refractivity contribution >= 4 is 17.6 Å². The van der Waals surface area contributed by atoms with Crippen LogP contribution in [0.25, 0.3) is 0 Å². The maximum absolute atomic E-state index is 8.70.